The van der Waals surface area contributed by atoms with Gasteiger partial charge in [0.2, 0.25) is 5.91 Å². The average Bonchev–Trinajstić information content (AvgIpc) is 3.15. The topological polar surface area (TPSA) is 85.2 Å². The van der Waals surface area contributed by atoms with Crippen LogP contribution in [0.4, 0.5) is 11.4 Å². The van der Waals surface area contributed by atoms with Crippen molar-refractivity contribution < 1.29 is 9.53 Å². The zero-order valence-corrected chi connectivity index (χ0v) is 17.8. The van der Waals surface area contributed by atoms with Crippen molar-refractivity contribution in [1.29, 1.82) is 0 Å². The lowest BCUT2D eigenvalue weighted by Crippen LogP contribution is -2.36. The molecule has 0 bridgehead atoms. The first-order valence-corrected chi connectivity index (χ1v) is 10.7. The Morgan fingerprint density at radius 2 is 1.80 bits per heavy atom. The van der Waals surface area contributed by atoms with Crippen LogP contribution in [0, 0.1) is 0 Å². The molecule has 156 valence electrons. The first-order valence-electron chi connectivity index (χ1n) is 9.82. The molecular weight excluding hydrogens is 400 g/mol. The monoisotopic (exact) mass is 424 g/mol. The maximum absolute atomic E-state index is 12.7. The van der Waals surface area contributed by atoms with Crippen LogP contribution in [-0.4, -0.2) is 57.2 Å². The smallest absolute Gasteiger partial charge is 0.237 e. The quantitative estimate of drug-likeness (QED) is 0.609. The zero-order chi connectivity index (χ0) is 20.9. The van der Waals surface area contributed by atoms with Gasteiger partial charge in [0, 0.05) is 49.5 Å². The van der Waals surface area contributed by atoms with Gasteiger partial charge >= 0.3 is 0 Å². The van der Waals surface area contributed by atoms with Gasteiger partial charge in [-0.05, 0) is 43.3 Å². The van der Waals surface area contributed by atoms with Crippen LogP contribution < -0.4 is 10.2 Å². The molecule has 1 aliphatic rings. The van der Waals surface area contributed by atoms with Crippen molar-refractivity contribution in [1.82, 2.24) is 19.7 Å². The number of carbonyl (C=O) groups is 1. The van der Waals surface area contributed by atoms with Gasteiger partial charge in [0.05, 0.1) is 18.5 Å². The molecule has 1 aromatic carbocycles. The first kappa shape index (κ1) is 20.4. The fourth-order valence-electron chi connectivity index (χ4n) is 3.20. The number of thioether (sulfide) groups is 1. The highest BCUT2D eigenvalue weighted by Gasteiger charge is 2.20. The van der Waals surface area contributed by atoms with E-state index in [1.807, 2.05) is 54.9 Å². The summed E-state index contributed by atoms with van der Waals surface area (Å²) in [5.74, 6) is 0.666. The molecule has 4 rings (SSSR count). The van der Waals surface area contributed by atoms with Crippen LogP contribution in [0.3, 0.4) is 0 Å². The molecule has 8 nitrogen and oxygen atoms in total. The van der Waals surface area contributed by atoms with Crippen LogP contribution in [0.2, 0.25) is 0 Å². The molecule has 0 aliphatic carbocycles. The number of rotatable bonds is 6. The molecule has 1 aliphatic heterocycles. The minimum Gasteiger partial charge on any atom is -0.378 e. The second-order valence-corrected chi connectivity index (χ2v) is 8.30. The van der Waals surface area contributed by atoms with Crippen molar-refractivity contribution in [3.8, 4) is 11.4 Å². The Kier molecular flexibility index (Phi) is 6.29. The van der Waals surface area contributed by atoms with Crippen molar-refractivity contribution in [2.24, 2.45) is 7.05 Å². The lowest BCUT2D eigenvalue weighted by Gasteiger charge is -2.28. The van der Waals surface area contributed by atoms with Crippen LogP contribution in [0.1, 0.15) is 6.92 Å². The highest BCUT2D eigenvalue weighted by atomic mass is 32.2. The van der Waals surface area contributed by atoms with E-state index in [0.717, 1.165) is 49.1 Å². The van der Waals surface area contributed by atoms with E-state index in [0.29, 0.717) is 5.16 Å². The maximum Gasteiger partial charge on any atom is 0.237 e. The van der Waals surface area contributed by atoms with Gasteiger partial charge < -0.3 is 19.5 Å². The number of carbonyl (C=O) groups excluding carboxylic acids is 1. The number of hydrogen-bond acceptors (Lipinski definition) is 7. The second-order valence-electron chi connectivity index (χ2n) is 7.00. The van der Waals surface area contributed by atoms with Gasteiger partial charge in [-0.15, -0.1) is 10.2 Å². The summed E-state index contributed by atoms with van der Waals surface area (Å²) < 4.78 is 7.28. The Bertz CT molecular complexity index is 986. The predicted molar refractivity (Wildman–Crippen MR) is 118 cm³/mol. The Morgan fingerprint density at radius 1 is 1.10 bits per heavy atom. The van der Waals surface area contributed by atoms with Crippen molar-refractivity contribution >= 4 is 29.0 Å². The number of pyridine rings is 1. The SMILES string of the molecule is C[C@@H](Sc1nnc(-c2ccncc2)n1C)C(=O)Nc1ccc(N2CCOCC2)cc1. The third-order valence-electron chi connectivity index (χ3n) is 4.94. The number of anilines is 2. The van der Waals surface area contributed by atoms with Crippen LogP contribution in [0.5, 0.6) is 0 Å². The molecule has 30 heavy (non-hydrogen) atoms. The summed E-state index contributed by atoms with van der Waals surface area (Å²) in [6.45, 7) is 5.14. The van der Waals surface area contributed by atoms with Gasteiger partial charge in [0.1, 0.15) is 0 Å². The van der Waals surface area contributed by atoms with Gasteiger partial charge in [-0.1, -0.05) is 11.8 Å². The molecule has 0 radical (unpaired) electrons. The van der Waals surface area contributed by atoms with Crippen LogP contribution >= 0.6 is 11.8 Å². The van der Waals surface area contributed by atoms with Gasteiger partial charge in [-0.2, -0.15) is 0 Å². The third-order valence-corrected chi connectivity index (χ3v) is 6.07. The number of ether oxygens (including phenoxy) is 1. The van der Waals surface area contributed by atoms with Gasteiger partial charge in [-0.25, -0.2) is 0 Å². The van der Waals surface area contributed by atoms with Crippen molar-refractivity contribution in [3.05, 3.63) is 48.8 Å². The van der Waals surface area contributed by atoms with Crippen LogP contribution in [0.15, 0.2) is 53.9 Å². The summed E-state index contributed by atoms with van der Waals surface area (Å²) >= 11 is 1.38. The number of aromatic nitrogens is 4. The second kappa shape index (κ2) is 9.27. The highest BCUT2D eigenvalue weighted by Crippen LogP contribution is 2.26. The van der Waals surface area contributed by atoms with Gasteiger partial charge in [0.25, 0.3) is 0 Å². The van der Waals surface area contributed by atoms with Crippen molar-refractivity contribution in [2.75, 3.05) is 36.5 Å². The Morgan fingerprint density at radius 3 is 2.50 bits per heavy atom. The standard InChI is InChI=1S/C21H24N6O2S/c1-15(30-21-25-24-19(26(21)2)16-7-9-22-10-8-16)20(28)23-17-3-5-18(6-4-17)27-11-13-29-14-12-27/h3-10,15H,11-14H2,1-2H3,(H,23,28)/t15-/m1/s1. The fourth-order valence-corrected chi connectivity index (χ4v) is 4.02. The lowest BCUT2D eigenvalue weighted by atomic mass is 10.2. The minimum atomic E-state index is -0.322. The van der Waals surface area contributed by atoms with E-state index in [2.05, 4.69) is 25.4 Å². The Labute approximate surface area is 179 Å². The Balaban J connectivity index is 1.37. The molecule has 0 unspecified atom stereocenters. The minimum absolute atomic E-state index is 0.0763. The molecule has 1 atom stereocenters. The third kappa shape index (κ3) is 4.63. The van der Waals surface area contributed by atoms with E-state index in [1.54, 1.807) is 12.4 Å². The highest BCUT2D eigenvalue weighted by molar-refractivity contribution is 8.00. The molecule has 2 aromatic heterocycles. The van der Waals surface area contributed by atoms with Crippen molar-refractivity contribution in [3.63, 3.8) is 0 Å². The number of hydrogen-bond donors (Lipinski definition) is 1. The molecule has 9 heteroatoms. The molecule has 1 fully saturated rings. The molecule has 0 saturated carbocycles. The summed E-state index contributed by atoms with van der Waals surface area (Å²) in [5, 5.41) is 11.8. The zero-order valence-electron chi connectivity index (χ0n) is 17.0. The Hall–Kier alpha value is -2.91. The van der Waals surface area contributed by atoms with E-state index in [1.165, 1.54) is 11.8 Å². The van der Waals surface area contributed by atoms with Gasteiger partial charge in [0.15, 0.2) is 11.0 Å². The normalized spacial score (nSPS) is 15.1. The summed E-state index contributed by atoms with van der Waals surface area (Å²) in [7, 11) is 1.90. The molecule has 3 aromatic rings. The summed E-state index contributed by atoms with van der Waals surface area (Å²) in [4.78, 5) is 19.0. The van der Waals surface area contributed by atoms with Crippen LogP contribution in [0.25, 0.3) is 11.4 Å². The van der Waals surface area contributed by atoms with E-state index >= 15 is 0 Å². The summed E-state index contributed by atoms with van der Waals surface area (Å²) in [5.41, 5.74) is 2.85. The summed E-state index contributed by atoms with van der Waals surface area (Å²) in [6.07, 6.45) is 3.44. The molecule has 1 N–H and O–H groups in total. The summed E-state index contributed by atoms with van der Waals surface area (Å²) in [6, 6.07) is 11.7. The van der Waals surface area contributed by atoms with E-state index in [-0.39, 0.29) is 11.2 Å². The van der Waals surface area contributed by atoms with Gasteiger partial charge in [-0.3, -0.25) is 9.78 Å². The number of morpholine rings is 1. The fraction of sp³-hybridized carbons (Fsp3) is 0.333. The number of nitrogens with zero attached hydrogens (tertiary/aromatic N) is 5. The van der Waals surface area contributed by atoms with E-state index < -0.39 is 0 Å². The predicted octanol–water partition coefficient (Wildman–Crippen LogP) is 2.83. The molecule has 1 saturated heterocycles. The maximum atomic E-state index is 12.7. The molecular formula is C21H24N6O2S. The number of benzene rings is 1. The van der Waals surface area contributed by atoms with Crippen LogP contribution in [-0.2, 0) is 16.6 Å². The van der Waals surface area contributed by atoms with E-state index in [4.69, 9.17) is 4.74 Å². The van der Waals surface area contributed by atoms with E-state index in [9.17, 15) is 4.79 Å². The average molecular weight is 425 g/mol. The number of nitrogens with one attached hydrogen (secondary N) is 1. The lowest BCUT2D eigenvalue weighted by molar-refractivity contribution is -0.115. The largest absolute Gasteiger partial charge is 0.378 e. The molecule has 3 heterocycles. The van der Waals surface area contributed by atoms with Crippen molar-refractivity contribution in [2.45, 2.75) is 17.3 Å². The first-order chi connectivity index (χ1) is 14.6. The molecule has 1 amide bonds. The molecule has 0 spiro atoms. The number of amides is 1.